The van der Waals surface area contributed by atoms with Crippen LogP contribution in [0.1, 0.15) is 12.5 Å². The van der Waals surface area contributed by atoms with Gasteiger partial charge in [-0.15, -0.1) is 6.54 Å². The van der Waals surface area contributed by atoms with E-state index in [0.717, 1.165) is 12.1 Å². The van der Waals surface area contributed by atoms with Gasteiger partial charge in [-0.05, 0) is 12.1 Å². The summed E-state index contributed by atoms with van der Waals surface area (Å²) in [7, 11) is 0. The first kappa shape index (κ1) is 17.5. The molecule has 0 saturated heterocycles. The molecule has 0 radical (unpaired) electrons. The number of hydrogen-bond acceptors (Lipinski definition) is 4. The van der Waals surface area contributed by atoms with Gasteiger partial charge >= 0.3 is 21.1 Å². The molecular weight excluding hydrogens is 414 g/mol. The summed E-state index contributed by atoms with van der Waals surface area (Å²) in [4.78, 5) is 14.2. The van der Waals surface area contributed by atoms with Crippen molar-refractivity contribution in [2.24, 2.45) is 10.7 Å². The molecule has 0 aromatic heterocycles. The number of nitrogens with two attached hydrogens (primary N) is 1. The third-order valence-corrected chi connectivity index (χ3v) is 2.09. The van der Waals surface area contributed by atoms with E-state index in [1.807, 2.05) is 24.3 Å². The van der Waals surface area contributed by atoms with Gasteiger partial charge in [0, 0.05) is 19.2 Å². The fourth-order valence-electron chi connectivity index (χ4n) is 1.25. The number of amides is 1. The Morgan fingerprint density at radius 2 is 2.16 bits per heavy atom. The molecule has 19 heavy (non-hydrogen) atoms. The Morgan fingerprint density at radius 3 is 2.47 bits per heavy atom. The van der Waals surface area contributed by atoms with E-state index in [-0.39, 0.29) is 33.0 Å². The van der Waals surface area contributed by atoms with Crippen LogP contribution in [0.25, 0.3) is 0 Å². The first-order valence-corrected chi connectivity index (χ1v) is 5.55. The van der Waals surface area contributed by atoms with Crippen molar-refractivity contribution >= 4 is 17.6 Å². The predicted octanol–water partition coefficient (Wildman–Crippen LogP) is 1.51. The number of rotatable bonds is 2. The van der Waals surface area contributed by atoms with E-state index in [0.29, 0.717) is 6.61 Å². The Bertz CT molecular complexity index is 418. The minimum atomic E-state index is -0.0441. The van der Waals surface area contributed by atoms with Crippen LogP contribution in [0.3, 0.4) is 0 Å². The van der Waals surface area contributed by atoms with Crippen molar-refractivity contribution < 1.29 is 30.6 Å². The first-order chi connectivity index (χ1) is 8.61. The van der Waals surface area contributed by atoms with E-state index < -0.39 is 0 Å². The van der Waals surface area contributed by atoms with E-state index in [2.05, 4.69) is 22.0 Å². The fourth-order valence-corrected chi connectivity index (χ4v) is 1.25. The molecule has 0 spiro atoms. The Balaban J connectivity index is 0.000000392. The zero-order valence-corrected chi connectivity index (χ0v) is 13.7. The summed E-state index contributed by atoms with van der Waals surface area (Å²) in [6.07, 6.45) is 0.778. The summed E-state index contributed by atoms with van der Waals surface area (Å²) in [6, 6.07) is 7.94. The van der Waals surface area contributed by atoms with Crippen LogP contribution in [-0.4, -0.2) is 18.5 Å². The second-order valence-electron chi connectivity index (χ2n) is 3.59. The van der Waals surface area contributed by atoms with Gasteiger partial charge in [-0.2, -0.15) is 6.42 Å². The van der Waals surface area contributed by atoms with Gasteiger partial charge in [0.15, 0.2) is 0 Å². The molecule has 1 aliphatic heterocycles. The number of nitrogens with one attached hydrogen (secondary N) is 1. The summed E-state index contributed by atoms with van der Waals surface area (Å²) < 4.78 is 4.62. The standard InChI is InChI=1S/C10H12NO.C3H5N2O.W/c1-3-9-4-6-10(7-5-9)11-8(2)12;4-3-5-1-2-6-3;/h4-7H,1,3H2,2H3,(H,11,12);1H,2H2,(H2,4,5);/q2*-1;+2. The minimum Gasteiger partial charge on any atom is -0.562 e. The molecule has 0 unspecified atom stereocenters. The van der Waals surface area contributed by atoms with Gasteiger partial charge in [0.1, 0.15) is 6.02 Å². The summed E-state index contributed by atoms with van der Waals surface area (Å²) >= 11 is 0. The van der Waals surface area contributed by atoms with Gasteiger partial charge in [0.25, 0.3) is 0 Å². The molecule has 0 aliphatic carbocycles. The number of aliphatic imine (C=N–C) groups is 1. The van der Waals surface area contributed by atoms with Crippen molar-refractivity contribution in [1.82, 2.24) is 0 Å². The number of benzene rings is 1. The molecular formula is C13H17N3O2W. The molecule has 0 atom stereocenters. The van der Waals surface area contributed by atoms with E-state index >= 15 is 0 Å². The SMILES string of the molecule is NC1=N[CH-]CO1.[CH2-]Cc1ccc(NC(C)=O)cc1.[W+2]. The number of carbonyl (C=O) groups is 1. The first-order valence-electron chi connectivity index (χ1n) is 5.55. The van der Waals surface area contributed by atoms with Crippen molar-refractivity contribution in [3.63, 3.8) is 0 Å². The average Bonchev–Trinajstić information content (AvgIpc) is 2.81. The molecule has 1 aromatic carbocycles. The Hall–Kier alpha value is -1.48. The van der Waals surface area contributed by atoms with E-state index in [1.165, 1.54) is 12.5 Å². The van der Waals surface area contributed by atoms with Crippen LogP contribution in [-0.2, 0) is 37.0 Å². The van der Waals surface area contributed by atoms with Crippen molar-refractivity contribution in [2.75, 3.05) is 11.9 Å². The normalized spacial score (nSPS) is 11.8. The van der Waals surface area contributed by atoms with Crippen molar-refractivity contribution in [1.29, 1.82) is 0 Å². The van der Waals surface area contributed by atoms with Crippen molar-refractivity contribution in [3.05, 3.63) is 43.3 Å². The zero-order chi connectivity index (χ0) is 13.4. The number of hydrogen-bond donors (Lipinski definition) is 2. The Kier molecular flexibility index (Phi) is 8.71. The molecule has 3 N–H and O–H groups in total. The third kappa shape index (κ3) is 7.52. The van der Waals surface area contributed by atoms with Crippen LogP contribution in [0.4, 0.5) is 5.69 Å². The molecule has 102 valence electrons. The molecule has 6 heteroatoms. The average molecular weight is 431 g/mol. The summed E-state index contributed by atoms with van der Waals surface area (Å²) in [5, 5.41) is 2.70. The van der Waals surface area contributed by atoms with Gasteiger partial charge < -0.3 is 27.7 Å². The number of amidine groups is 1. The smallest absolute Gasteiger partial charge is 0.562 e. The summed E-state index contributed by atoms with van der Waals surface area (Å²) in [5.41, 5.74) is 7.03. The third-order valence-electron chi connectivity index (χ3n) is 2.09. The molecule has 1 amide bonds. The summed E-state index contributed by atoms with van der Waals surface area (Å²) in [6.45, 7) is 7.41. The molecule has 1 heterocycles. The molecule has 0 saturated carbocycles. The largest absolute Gasteiger partial charge is 2.00 e. The van der Waals surface area contributed by atoms with Crippen LogP contribution in [0.15, 0.2) is 29.3 Å². The van der Waals surface area contributed by atoms with Gasteiger partial charge in [-0.25, -0.2) is 0 Å². The summed E-state index contributed by atoms with van der Waals surface area (Å²) in [5.74, 6) is -0.0441. The van der Waals surface area contributed by atoms with Gasteiger partial charge in [-0.1, -0.05) is 17.7 Å². The van der Waals surface area contributed by atoms with E-state index in [1.54, 1.807) is 6.54 Å². The van der Waals surface area contributed by atoms with Crippen LogP contribution in [0, 0.1) is 13.5 Å². The van der Waals surface area contributed by atoms with E-state index in [9.17, 15) is 4.79 Å². The van der Waals surface area contributed by atoms with Crippen LogP contribution < -0.4 is 11.1 Å². The predicted molar refractivity (Wildman–Crippen MR) is 71.7 cm³/mol. The molecule has 1 aromatic rings. The quantitative estimate of drug-likeness (QED) is 0.698. The zero-order valence-electron chi connectivity index (χ0n) is 10.8. The topological polar surface area (TPSA) is 76.7 Å². The van der Waals surface area contributed by atoms with E-state index in [4.69, 9.17) is 5.73 Å². The molecule has 0 fully saturated rings. The monoisotopic (exact) mass is 431 g/mol. The molecule has 0 bridgehead atoms. The van der Waals surface area contributed by atoms with Crippen LogP contribution in [0.2, 0.25) is 0 Å². The molecule has 1 aliphatic rings. The van der Waals surface area contributed by atoms with Gasteiger partial charge in [0.05, 0.1) is 0 Å². The maximum Gasteiger partial charge on any atom is 2.00 e. The van der Waals surface area contributed by atoms with Crippen LogP contribution in [0.5, 0.6) is 0 Å². The maximum absolute atomic E-state index is 10.6. The number of ether oxygens (including phenoxy) is 1. The number of carbonyl (C=O) groups excluding carboxylic acids is 1. The minimum absolute atomic E-state index is 0. The number of nitrogens with zero attached hydrogens (tertiary/aromatic N) is 1. The second kappa shape index (κ2) is 9.45. The van der Waals surface area contributed by atoms with Crippen LogP contribution >= 0.6 is 0 Å². The Morgan fingerprint density at radius 1 is 1.53 bits per heavy atom. The second-order valence-corrected chi connectivity index (χ2v) is 3.59. The van der Waals surface area contributed by atoms with Gasteiger partial charge in [0.2, 0.25) is 5.91 Å². The Labute approximate surface area is 127 Å². The van der Waals surface area contributed by atoms with Crippen molar-refractivity contribution in [3.8, 4) is 0 Å². The van der Waals surface area contributed by atoms with Gasteiger partial charge in [-0.3, -0.25) is 4.79 Å². The molecule has 5 nitrogen and oxygen atoms in total. The molecule has 2 rings (SSSR count). The maximum atomic E-state index is 10.6. The van der Waals surface area contributed by atoms with Crippen molar-refractivity contribution in [2.45, 2.75) is 13.3 Å². The fraction of sp³-hybridized carbons (Fsp3) is 0.231. The number of anilines is 1.